The summed E-state index contributed by atoms with van der Waals surface area (Å²) in [6.45, 7) is 2.82. The number of aryl methyl sites for hydroxylation is 1. The van der Waals surface area contributed by atoms with E-state index in [2.05, 4.69) is 22.6 Å². The maximum atomic E-state index is 12.7. The SMILES string of the molecule is COC[C@@H]1C[C@@H](NC(=O)c2cc(-c3cccc(C#N)c3)c(C)cn2)CN1C#N. The number of carbonyl (C=O) groups is 1. The maximum Gasteiger partial charge on any atom is 0.270 e. The second-order valence-electron chi connectivity index (χ2n) is 6.84. The Balaban J connectivity index is 1.78. The van der Waals surface area contributed by atoms with Crippen LogP contribution in [0.3, 0.4) is 0 Å². The van der Waals surface area contributed by atoms with Gasteiger partial charge in [-0.25, -0.2) is 0 Å². The van der Waals surface area contributed by atoms with Crippen LogP contribution in [-0.2, 0) is 4.74 Å². The minimum absolute atomic E-state index is 0.0319. The standard InChI is InChI=1S/C21H21N5O2/c1-14-10-24-20(8-19(14)16-5-3-4-15(6-16)9-22)21(27)25-17-7-18(12-28-2)26(11-17)13-23/h3-6,8,10,17-18H,7,11-12H2,1-2H3,(H,25,27)/t17-,18+/m1/s1. The Morgan fingerprint density at radius 2 is 2.21 bits per heavy atom. The molecule has 0 aliphatic carbocycles. The number of carbonyl (C=O) groups excluding carboxylic acids is 1. The topological polar surface area (TPSA) is 102 Å². The van der Waals surface area contributed by atoms with Gasteiger partial charge in [-0.3, -0.25) is 9.78 Å². The first kappa shape index (κ1) is 19.3. The van der Waals surface area contributed by atoms with E-state index in [1.807, 2.05) is 19.1 Å². The minimum atomic E-state index is -0.279. The van der Waals surface area contributed by atoms with Gasteiger partial charge in [0.2, 0.25) is 0 Å². The van der Waals surface area contributed by atoms with Crippen molar-refractivity contribution in [3.8, 4) is 23.4 Å². The molecule has 0 spiro atoms. The molecule has 0 unspecified atom stereocenters. The van der Waals surface area contributed by atoms with Crippen molar-refractivity contribution >= 4 is 5.91 Å². The Kier molecular flexibility index (Phi) is 5.88. The van der Waals surface area contributed by atoms with Gasteiger partial charge in [-0.2, -0.15) is 10.5 Å². The Morgan fingerprint density at radius 3 is 2.93 bits per heavy atom. The number of aromatic nitrogens is 1. The van der Waals surface area contributed by atoms with Gasteiger partial charge in [0.15, 0.2) is 6.19 Å². The Labute approximate surface area is 164 Å². The lowest BCUT2D eigenvalue weighted by atomic mass is 9.99. The fourth-order valence-electron chi connectivity index (χ4n) is 3.47. The second-order valence-corrected chi connectivity index (χ2v) is 6.84. The van der Waals surface area contributed by atoms with E-state index < -0.39 is 0 Å². The van der Waals surface area contributed by atoms with E-state index >= 15 is 0 Å². The van der Waals surface area contributed by atoms with Crippen molar-refractivity contribution in [2.75, 3.05) is 20.3 Å². The third-order valence-corrected chi connectivity index (χ3v) is 4.88. The highest BCUT2D eigenvalue weighted by atomic mass is 16.5. The van der Waals surface area contributed by atoms with Crippen LogP contribution in [0.2, 0.25) is 0 Å². The molecule has 2 atom stereocenters. The molecule has 1 aromatic heterocycles. The number of benzene rings is 1. The molecule has 2 heterocycles. The molecule has 1 N–H and O–H groups in total. The van der Waals surface area contributed by atoms with Crippen molar-refractivity contribution in [2.45, 2.75) is 25.4 Å². The molecular formula is C21H21N5O2. The molecule has 1 amide bonds. The molecule has 0 bridgehead atoms. The lowest BCUT2D eigenvalue weighted by Crippen LogP contribution is -2.36. The number of amides is 1. The van der Waals surface area contributed by atoms with Gasteiger partial charge in [-0.05, 0) is 48.2 Å². The van der Waals surface area contributed by atoms with Crippen molar-refractivity contribution in [2.24, 2.45) is 0 Å². The normalized spacial score (nSPS) is 18.4. The zero-order valence-corrected chi connectivity index (χ0v) is 15.8. The molecule has 7 nitrogen and oxygen atoms in total. The number of likely N-dealkylation sites (tertiary alicyclic amines) is 1. The average Bonchev–Trinajstić information content (AvgIpc) is 3.10. The molecule has 142 valence electrons. The number of hydrogen-bond donors (Lipinski definition) is 1. The van der Waals surface area contributed by atoms with Gasteiger partial charge >= 0.3 is 0 Å². The van der Waals surface area contributed by atoms with Gasteiger partial charge in [0.25, 0.3) is 5.91 Å². The zero-order chi connectivity index (χ0) is 20.1. The van der Waals surface area contributed by atoms with E-state index in [0.29, 0.717) is 30.8 Å². The summed E-state index contributed by atoms with van der Waals surface area (Å²) in [6, 6.07) is 11.0. The molecule has 7 heteroatoms. The van der Waals surface area contributed by atoms with Crippen LogP contribution in [0.15, 0.2) is 36.5 Å². The van der Waals surface area contributed by atoms with Gasteiger partial charge in [0.1, 0.15) is 5.69 Å². The highest BCUT2D eigenvalue weighted by Gasteiger charge is 2.32. The third-order valence-electron chi connectivity index (χ3n) is 4.88. The first-order chi connectivity index (χ1) is 13.5. The average molecular weight is 375 g/mol. The van der Waals surface area contributed by atoms with E-state index in [9.17, 15) is 10.1 Å². The summed E-state index contributed by atoms with van der Waals surface area (Å²) >= 11 is 0. The summed E-state index contributed by atoms with van der Waals surface area (Å²) in [5, 5.41) is 21.3. The smallest absolute Gasteiger partial charge is 0.270 e. The van der Waals surface area contributed by atoms with Crippen LogP contribution < -0.4 is 5.32 Å². The third kappa shape index (κ3) is 4.11. The molecule has 28 heavy (non-hydrogen) atoms. The van der Waals surface area contributed by atoms with Gasteiger partial charge in [-0.15, -0.1) is 0 Å². The predicted molar refractivity (Wildman–Crippen MR) is 103 cm³/mol. The maximum absolute atomic E-state index is 12.7. The quantitative estimate of drug-likeness (QED) is 0.804. The highest BCUT2D eigenvalue weighted by Crippen LogP contribution is 2.25. The summed E-state index contributed by atoms with van der Waals surface area (Å²) in [4.78, 5) is 18.6. The molecule has 1 aromatic carbocycles. The van der Waals surface area contributed by atoms with E-state index in [-0.39, 0.29) is 18.0 Å². The summed E-state index contributed by atoms with van der Waals surface area (Å²) < 4.78 is 5.15. The molecule has 0 saturated carbocycles. The van der Waals surface area contributed by atoms with E-state index in [4.69, 9.17) is 10.00 Å². The number of rotatable bonds is 5. The fourth-order valence-corrected chi connectivity index (χ4v) is 3.47. The largest absolute Gasteiger partial charge is 0.383 e. The molecule has 1 saturated heterocycles. The van der Waals surface area contributed by atoms with Crippen LogP contribution in [0.25, 0.3) is 11.1 Å². The zero-order valence-electron chi connectivity index (χ0n) is 15.8. The van der Waals surface area contributed by atoms with Crippen LogP contribution >= 0.6 is 0 Å². The molecule has 3 rings (SSSR count). The van der Waals surface area contributed by atoms with Crippen molar-refractivity contribution in [3.05, 3.63) is 53.3 Å². The van der Waals surface area contributed by atoms with Crippen LogP contribution in [0, 0.1) is 29.7 Å². The predicted octanol–water partition coefficient (Wildman–Crippen LogP) is 2.23. The number of methoxy groups -OCH3 is 1. The summed E-state index contributed by atoms with van der Waals surface area (Å²) in [6.07, 6.45) is 4.46. The fraction of sp³-hybridized carbons (Fsp3) is 0.333. The number of ether oxygens (including phenoxy) is 1. The van der Waals surface area contributed by atoms with Crippen molar-refractivity contribution < 1.29 is 9.53 Å². The van der Waals surface area contributed by atoms with E-state index in [1.165, 1.54) is 0 Å². The van der Waals surface area contributed by atoms with Crippen molar-refractivity contribution in [1.82, 2.24) is 15.2 Å². The van der Waals surface area contributed by atoms with Gasteiger partial charge in [-0.1, -0.05) is 12.1 Å². The lowest BCUT2D eigenvalue weighted by molar-refractivity contribution is 0.0933. The lowest BCUT2D eigenvalue weighted by Gasteiger charge is -2.15. The number of nitrogens with one attached hydrogen (secondary N) is 1. The van der Waals surface area contributed by atoms with Crippen molar-refractivity contribution in [3.63, 3.8) is 0 Å². The minimum Gasteiger partial charge on any atom is -0.383 e. The van der Waals surface area contributed by atoms with Crippen molar-refractivity contribution in [1.29, 1.82) is 10.5 Å². The summed E-state index contributed by atoms with van der Waals surface area (Å²) in [7, 11) is 1.60. The van der Waals surface area contributed by atoms with Gasteiger partial charge in [0.05, 0.1) is 24.3 Å². The van der Waals surface area contributed by atoms with Crippen LogP contribution in [0.4, 0.5) is 0 Å². The van der Waals surface area contributed by atoms with Crippen LogP contribution in [0.1, 0.15) is 28.0 Å². The molecule has 1 fully saturated rings. The van der Waals surface area contributed by atoms with E-state index in [0.717, 1.165) is 16.7 Å². The monoisotopic (exact) mass is 375 g/mol. The number of nitrogens with zero attached hydrogens (tertiary/aromatic N) is 4. The van der Waals surface area contributed by atoms with Crippen LogP contribution in [0.5, 0.6) is 0 Å². The summed E-state index contributed by atoms with van der Waals surface area (Å²) in [5.74, 6) is -0.279. The Morgan fingerprint density at radius 1 is 1.39 bits per heavy atom. The Bertz CT molecular complexity index is 960. The van der Waals surface area contributed by atoms with E-state index in [1.54, 1.807) is 36.4 Å². The Hall–Kier alpha value is -3.42. The molecular weight excluding hydrogens is 354 g/mol. The van der Waals surface area contributed by atoms with Crippen LogP contribution in [-0.4, -0.2) is 48.1 Å². The molecule has 1 aliphatic rings. The second kappa shape index (κ2) is 8.51. The first-order valence-electron chi connectivity index (χ1n) is 8.99. The number of nitriles is 2. The van der Waals surface area contributed by atoms with Gasteiger partial charge in [0, 0.05) is 25.9 Å². The summed E-state index contributed by atoms with van der Waals surface area (Å²) in [5.41, 5.74) is 3.51. The first-order valence-corrected chi connectivity index (χ1v) is 8.99. The number of pyridine rings is 1. The molecule has 0 radical (unpaired) electrons. The van der Waals surface area contributed by atoms with Gasteiger partial charge < -0.3 is 15.0 Å². The highest BCUT2D eigenvalue weighted by molar-refractivity contribution is 5.94. The molecule has 1 aliphatic heterocycles. The number of hydrogen-bond acceptors (Lipinski definition) is 6. The molecule has 2 aromatic rings.